The number of hydrogen-bond acceptors (Lipinski definition) is 6. The van der Waals surface area contributed by atoms with Gasteiger partial charge >= 0.3 is 0 Å². The average Bonchev–Trinajstić information content (AvgIpc) is 2.84. The Labute approximate surface area is 126 Å². The van der Waals surface area contributed by atoms with Gasteiger partial charge in [-0.25, -0.2) is 8.42 Å². The minimum Gasteiger partial charge on any atom is -0.377 e. The van der Waals surface area contributed by atoms with Gasteiger partial charge in [0.2, 0.25) is 5.91 Å². The summed E-state index contributed by atoms with van der Waals surface area (Å²) in [7, 11) is -3.09. The topological polar surface area (TPSA) is 125 Å². The molecule has 5 N–H and O–H groups in total. The van der Waals surface area contributed by atoms with Gasteiger partial charge in [-0.1, -0.05) is 0 Å². The normalized spacial score (nSPS) is 24.8. The van der Waals surface area contributed by atoms with Gasteiger partial charge < -0.3 is 21.5 Å². The van der Waals surface area contributed by atoms with Crippen LogP contribution in [0.25, 0.3) is 0 Å². The van der Waals surface area contributed by atoms with Crippen LogP contribution in [-0.4, -0.2) is 58.2 Å². The van der Waals surface area contributed by atoms with Gasteiger partial charge in [0, 0.05) is 31.3 Å². The molecule has 21 heavy (non-hydrogen) atoms. The molecule has 0 aromatic heterocycles. The molecule has 0 aliphatic carbocycles. The molecule has 1 aliphatic heterocycles. The Morgan fingerprint density at radius 2 is 2.10 bits per heavy atom. The molecule has 124 valence electrons. The Morgan fingerprint density at radius 3 is 2.57 bits per heavy atom. The second-order valence-corrected chi connectivity index (χ2v) is 8.58. The fourth-order valence-corrected chi connectivity index (χ4v) is 2.94. The summed E-state index contributed by atoms with van der Waals surface area (Å²) in [5.41, 5.74) is 11.0. The molecule has 0 aromatic rings. The van der Waals surface area contributed by atoms with Crippen molar-refractivity contribution in [2.75, 3.05) is 31.7 Å². The van der Waals surface area contributed by atoms with Gasteiger partial charge in [-0.05, 0) is 20.3 Å². The number of sulfone groups is 1. The van der Waals surface area contributed by atoms with Crippen LogP contribution in [0.4, 0.5) is 0 Å². The van der Waals surface area contributed by atoms with Gasteiger partial charge in [0.25, 0.3) is 0 Å². The lowest BCUT2D eigenvalue weighted by molar-refractivity contribution is -0.131. The van der Waals surface area contributed by atoms with Crippen LogP contribution in [0.3, 0.4) is 0 Å². The van der Waals surface area contributed by atoms with E-state index in [4.69, 9.17) is 16.2 Å². The molecule has 1 amide bonds. The maximum Gasteiger partial charge on any atom is 0.227 e. The van der Waals surface area contributed by atoms with Gasteiger partial charge in [0.15, 0.2) is 0 Å². The van der Waals surface area contributed by atoms with Crippen LogP contribution in [0.1, 0.15) is 20.3 Å². The summed E-state index contributed by atoms with van der Waals surface area (Å²) in [6.07, 6.45) is 1.89. The van der Waals surface area contributed by atoms with Crippen molar-refractivity contribution in [1.29, 1.82) is 0 Å². The van der Waals surface area contributed by atoms with Crippen molar-refractivity contribution in [3.8, 4) is 0 Å². The lowest BCUT2D eigenvalue weighted by atomic mass is 9.76. The molecule has 1 aliphatic rings. The third-order valence-electron chi connectivity index (χ3n) is 4.06. The third kappa shape index (κ3) is 5.21. The SMILES string of the molecule is CC(C)(C(=O)NCCS(C)(=O)=O)C(N)C1CO[C@@H](CN)C1. The molecule has 1 saturated heterocycles. The number of carbonyl (C=O) groups excluding carboxylic acids is 1. The molecule has 0 spiro atoms. The number of nitrogens with one attached hydrogen (secondary N) is 1. The van der Waals surface area contributed by atoms with E-state index in [1.54, 1.807) is 13.8 Å². The second kappa shape index (κ2) is 7.04. The number of ether oxygens (including phenoxy) is 1. The minimum absolute atomic E-state index is 0.00476. The summed E-state index contributed by atoms with van der Waals surface area (Å²) < 4.78 is 27.7. The van der Waals surface area contributed by atoms with Crippen LogP contribution < -0.4 is 16.8 Å². The summed E-state index contributed by atoms with van der Waals surface area (Å²) in [5, 5.41) is 2.65. The van der Waals surface area contributed by atoms with E-state index in [9.17, 15) is 13.2 Å². The predicted molar refractivity (Wildman–Crippen MR) is 81.4 cm³/mol. The maximum absolute atomic E-state index is 12.2. The lowest BCUT2D eigenvalue weighted by Crippen LogP contribution is -2.53. The van der Waals surface area contributed by atoms with Crippen LogP contribution in [-0.2, 0) is 19.4 Å². The Bertz CT molecular complexity index is 464. The van der Waals surface area contributed by atoms with E-state index in [2.05, 4.69) is 5.32 Å². The van der Waals surface area contributed by atoms with E-state index in [1.165, 1.54) is 0 Å². The first-order valence-electron chi connectivity index (χ1n) is 7.11. The van der Waals surface area contributed by atoms with E-state index in [-0.39, 0.29) is 36.3 Å². The predicted octanol–water partition coefficient (Wildman–Crippen LogP) is -1.14. The molecular weight excluding hydrogens is 294 g/mol. The monoisotopic (exact) mass is 321 g/mol. The van der Waals surface area contributed by atoms with Crippen LogP contribution in [0.2, 0.25) is 0 Å². The molecule has 1 fully saturated rings. The smallest absolute Gasteiger partial charge is 0.227 e. The number of carbonyl (C=O) groups is 1. The zero-order chi connectivity index (χ0) is 16.3. The van der Waals surface area contributed by atoms with Crippen molar-refractivity contribution in [3.63, 3.8) is 0 Å². The highest BCUT2D eigenvalue weighted by molar-refractivity contribution is 7.90. The van der Waals surface area contributed by atoms with E-state index >= 15 is 0 Å². The fraction of sp³-hybridized carbons (Fsp3) is 0.923. The highest BCUT2D eigenvalue weighted by Crippen LogP contribution is 2.31. The first-order valence-corrected chi connectivity index (χ1v) is 9.17. The van der Waals surface area contributed by atoms with Crippen LogP contribution in [0, 0.1) is 11.3 Å². The molecule has 3 atom stereocenters. The van der Waals surface area contributed by atoms with Gasteiger partial charge in [0.1, 0.15) is 9.84 Å². The highest BCUT2D eigenvalue weighted by atomic mass is 32.2. The summed E-state index contributed by atoms with van der Waals surface area (Å²) in [5.74, 6) is -0.240. The molecule has 7 nitrogen and oxygen atoms in total. The molecule has 0 radical (unpaired) electrons. The first-order chi connectivity index (χ1) is 9.58. The first kappa shape index (κ1) is 18.3. The minimum atomic E-state index is -3.09. The lowest BCUT2D eigenvalue weighted by Gasteiger charge is -2.33. The molecule has 2 unspecified atom stereocenters. The third-order valence-corrected chi connectivity index (χ3v) is 5.01. The van der Waals surface area contributed by atoms with Crippen molar-refractivity contribution in [1.82, 2.24) is 5.32 Å². The average molecular weight is 321 g/mol. The zero-order valence-corrected chi connectivity index (χ0v) is 13.8. The van der Waals surface area contributed by atoms with E-state index < -0.39 is 15.3 Å². The summed E-state index contributed by atoms with van der Waals surface area (Å²) in [4.78, 5) is 12.2. The van der Waals surface area contributed by atoms with Gasteiger partial charge in [-0.3, -0.25) is 4.79 Å². The van der Waals surface area contributed by atoms with E-state index in [1.807, 2.05) is 0 Å². The van der Waals surface area contributed by atoms with Crippen molar-refractivity contribution in [3.05, 3.63) is 0 Å². The molecular formula is C13H27N3O4S. The summed E-state index contributed by atoms with van der Waals surface area (Å²) in [6.45, 7) is 4.58. The number of nitrogens with two attached hydrogens (primary N) is 2. The summed E-state index contributed by atoms with van der Waals surface area (Å²) in [6, 6.07) is -0.368. The Morgan fingerprint density at radius 1 is 1.48 bits per heavy atom. The second-order valence-electron chi connectivity index (χ2n) is 6.32. The molecule has 1 heterocycles. The maximum atomic E-state index is 12.2. The molecule has 8 heteroatoms. The van der Waals surface area contributed by atoms with Crippen LogP contribution in [0.15, 0.2) is 0 Å². The van der Waals surface area contributed by atoms with Crippen molar-refractivity contribution < 1.29 is 17.9 Å². The largest absolute Gasteiger partial charge is 0.377 e. The standard InChI is InChI=1S/C13H27N3O4S/c1-13(2,12(17)16-4-5-21(3,18)19)11(15)9-6-10(7-14)20-8-9/h9-11H,4-8,14-15H2,1-3H3,(H,16,17)/t9?,10-,11?/m1/s1. The Kier molecular flexibility index (Phi) is 6.15. The Hall–Kier alpha value is -0.700. The molecule has 0 saturated carbocycles. The number of rotatable bonds is 7. The zero-order valence-electron chi connectivity index (χ0n) is 13.0. The van der Waals surface area contributed by atoms with Crippen molar-refractivity contribution >= 4 is 15.7 Å². The van der Waals surface area contributed by atoms with Gasteiger partial charge in [0.05, 0.1) is 23.9 Å². The van der Waals surface area contributed by atoms with Crippen LogP contribution >= 0.6 is 0 Å². The highest BCUT2D eigenvalue weighted by Gasteiger charge is 2.41. The van der Waals surface area contributed by atoms with Gasteiger partial charge in [-0.2, -0.15) is 0 Å². The summed E-state index contributed by atoms with van der Waals surface area (Å²) >= 11 is 0. The van der Waals surface area contributed by atoms with Crippen LogP contribution in [0.5, 0.6) is 0 Å². The van der Waals surface area contributed by atoms with E-state index in [0.717, 1.165) is 12.7 Å². The van der Waals surface area contributed by atoms with E-state index in [0.29, 0.717) is 13.2 Å². The van der Waals surface area contributed by atoms with Crippen molar-refractivity contribution in [2.24, 2.45) is 22.8 Å². The number of hydrogen-bond donors (Lipinski definition) is 3. The fourth-order valence-electron chi connectivity index (χ4n) is 2.47. The number of amides is 1. The van der Waals surface area contributed by atoms with Crippen molar-refractivity contribution in [2.45, 2.75) is 32.4 Å². The molecule has 1 rings (SSSR count). The van der Waals surface area contributed by atoms with Gasteiger partial charge in [-0.15, -0.1) is 0 Å². The quantitative estimate of drug-likeness (QED) is 0.545. The Balaban J connectivity index is 2.56. The molecule has 0 bridgehead atoms. The molecule has 0 aromatic carbocycles.